The Morgan fingerprint density at radius 3 is 2.71 bits per heavy atom. The van der Waals surface area contributed by atoms with Gasteiger partial charge >= 0.3 is 0 Å². The average molecular weight is 198 g/mol. The number of hydrogen-bond acceptors (Lipinski definition) is 2. The molecule has 1 aliphatic rings. The highest BCUT2D eigenvalue weighted by molar-refractivity contribution is 4.76. The average Bonchev–Trinajstić information content (AvgIpc) is 2.17. The quantitative estimate of drug-likeness (QED) is 0.706. The van der Waals surface area contributed by atoms with Crippen LogP contribution in [-0.2, 0) is 0 Å². The summed E-state index contributed by atoms with van der Waals surface area (Å²) in [5, 5.41) is 6.94. The molecule has 0 spiro atoms. The molecule has 0 radical (unpaired) electrons. The molecule has 2 unspecified atom stereocenters. The van der Waals surface area contributed by atoms with Gasteiger partial charge in [-0.15, -0.1) is 0 Å². The van der Waals surface area contributed by atoms with Crippen molar-refractivity contribution in [2.75, 3.05) is 20.1 Å². The Kier molecular flexibility index (Phi) is 5.49. The van der Waals surface area contributed by atoms with Crippen molar-refractivity contribution in [3.05, 3.63) is 0 Å². The van der Waals surface area contributed by atoms with Crippen LogP contribution in [0.1, 0.15) is 39.5 Å². The predicted molar refractivity (Wildman–Crippen MR) is 62.5 cm³/mol. The zero-order chi connectivity index (χ0) is 10.4. The molecule has 0 aromatic carbocycles. The van der Waals surface area contributed by atoms with E-state index in [1.54, 1.807) is 0 Å². The lowest BCUT2D eigenvalue weighted by Crippen LogP contribution is -2.36. The van der Waals surface area contributed by atoms with Gasteiger partial charge in [-0.1, -0.05) is 13.8 Å². The highest BCUT2D eigenvalue weighted by Gasteiger charge is 2.18. The second-order valence-corrected chi connectivity index (χ2v) is 5.06. The molecule has 0 aromatic heterocycles. The minimum atomic E-state index is 0.722. The van der Waals surface area contributed by atoms with Crippen LogP contribution >= 0.6 is 0 Å². The number of nitrogens with one attached hydrogen (secondary N) is 2. The molecule has 0 bridgehead atoms. The van der Waals surface area contributed by atoms with Crippen LogP contribution in [0, 0.1) is 11.8 Å². The molecule has 1 aliphatic heterocycles. The Morgan fingerprint density at radius 2 is 2.21 bits per heavy atom. The van der Waals surface area contributed by atoms with Gasteiger partial charge in [0.2, 0.25) is 0 Å². The van der Waals surface area contributed by atoms with Crippen molar-refractivity contribution in [3.63, 3.8) is 0 Å². The summed E-state index contributed by atoms with van der Waals surface area (Å²) >= 11 is 0. The fourth-order valence-corrected chi connectivity index (χ4v) is 2.43. The second kappa shape index (κ2) is 6.41. The molecule has 84 valence electrons. The normalized spacial score (nSPS) is 25.3. The van der Waals surface area contributed by atoms with Gasteiger partial charge in [0.1, 0.15) is 0 Å². The lowest BCUT2D eigenvalue weighted by atomic mass is 9.89. The van der Waals surface area contributed by atoms with E-state index in [1.165, 1.54) is 38.8 Å². The Bertz CT molecular complexity index is 139. The smallest absolute Gasteiger partial charge is 0.00696 e. The lowest BCUT2D eigenvalue weighted by Gasteiger charge is -2.27. The van der Waals surface area contributed by atoms with Gasteiger partial charge in [-0.25, -0.2) is 0 Å². The second-order valence-electron chi connectivity index (χ2n) is 5.06. The Balaban J connectivity index is 2.23. The third-order valence-corrected chi connectivity index (χ3v) is 3.18. The van der Waals surface area contributed by atoms with Crippen LogP contribution in [0.4, 0.5) is 0 Å². The Hall–Kier alpha value is -0.0800. The van der Waals surface area contributed by atoms with E-state index in [2.05, 4.69) is 31.5 Å². The minimum Gasteiger partial charge on any atom is -0.317 e. The summed E-state index contributed by atoms with van der Waals surface area (Å²) in [5.74, 6) is 1.71. The summed E-state index contributed by atoms with van der Waals surface area (Å²) in [6, 6.07) is 0.722. The summed E-state index contributed by atoms with van der Waals surface area (Å²) in [6.45, 7) is 7.08. The van der Waals surface area contributed by atoms with E-state index >= 15 is 0 Å². The van der Waals surface area contributed by atoms with Crippen LogP contribution < -0.4 is 10.6 Å². The molecule has 1 heterocycles. The van der Waals surface area contributed by atoms with Crippen LogP contribution in [0.5, 0.6) is 0 Å². The van der Waals surface area contributed by atoms with Crippen LogP contribution in [0.3, 0.4) is 0 Å². The summed E-state index contributed by atoms with van der Waals surface area (Å²) in [7, 11) is 2.10. The van der Waals surface area contributed by atoms with Crippen LogP contribution in [0.2, 0.25) is 0 Å². The molecule has 1 saturated heterocycles. The molecular formula is C12H26N2. The zero-order valence-corrected chi connectivity index (χ0v) is 9.97. The van der Waals surface area contributed by atoms with Gasteiger partial charge in [-0.05, 0) is 57.7 Å². The largest absolute Gasteiger partial charge is 0.317 e. The molecule has 2 nitrogen and oxygen atoms in total. The molecule has 1 fully saturated rings. The number of hydrogen-bond donors (Lipinski definition) is 2. The van der Waals surface area contributed by atoms with Crippen LogP contribution in [0.25, 0.3) is 0 Å². The van der Waals surface area contributed by atoms with Gasteiger partial charge in [-0.2, -0.15) is 0 Å². The van der Waals surface area contributed by atoms with Crippen molar-refractivity contribution in [2.24, 2.45) is 11.8 Å². The van der Waals surface area contributed by atoms with Crippen molar-refractivity contribution < 1.29 is 0 Å². The van der Waals surface area contributed by atoms with E-state index in [-0.39, 0.29) is 0 Å². The number of piperidine rings is 1. The first-order chi connectivity index (χ1) is 6.72. The van der Waals surface area contributed by atoms with Crippen molar-refractivity contribution in [1.82, 2.24) is 10.6 Å². The standard InChI is InChI=1S/C12H26N2/c1-10(2)7-12(13-3)8-11-5-4-6-14-9-11/h10-14H,4-9H2,1-3H3. The molecule has 0 amide bonds. The maximum absolute atomic E-state index is 3.49. The lowest BCUT2D eigenvalue weighted by molar-refractivity contribution is 0.298. The Labute approximate surface area is 88.8 Å². The number of rotatable bonds is 5. The van der Waals surface area contributed by atoms with E-state index in [9.17, 15) is 0 Å². The molecule has 0 aliphatic carbocycles. The van der Waals surface area contributed by atoms with E-state index in [0.717, 1.165) is 17.9 Å². The van der Waals surface area contributed by atoms with Crippen molar-refractivity contribution in [1.29, 1.82) is 0 Å². The fraction of sp³-hybridized carbons (Fsp3) is 1.00. The maximum Gasteiger partial charge on any atom is 0.00696 e. The molecule has 2 atom stereocenters. The van der Waals surface area contributed by atoms with E-state index in [0.29, 0.717) is 0 Å². The van der Waals surface area contributed by atoms with Crippen LogP contribution in [0.15, 0.2) is 0 Å². The molecule has 1 rings (SSSR count). The van der Waals surface area contributed by atoms with Gasteiger partial charge in [-0.3, -0.25) is 0 Å². The summed E-state index contributed by atoms with van der Waals surface area (Å²) in [6.07, 6.45) is 5.45. The van der Waals surface area contributed by atoms with Crippen molar-refractivity contribution >= 4 is 0 Å². The Morgan fingerprint density at radius 1 is 1.43 bits per heavy atom. The molecular weight excluding hydrogens is 172 g/mol. The van der Waals surface area contributed by atoms with Gasteiger partial charge in [0.25, 0.3) is 0 Å². The third-order valence-electron chi connectivity index (χ3n) is 3.18. The van der Waals surface area contributed by atoms with Gasteiger partial charge < -0.3 is 10.6 Å². The third kappa shape index (κ3) is 4.43. The predicted octanol–water partition coefficient (Wildman–Crippen LogP) is 2.01. The first-order valence-electron chi connectivity index (χ1n) is 6.10. The molecule has 2 heteroatoms. The SMILES string of the molecule is CNC(CC(C)C)CC1CCCNC1. The fourth-order valence-electron chi connectivity index (χ4n) is 2.43. The van der Waals surface area contributed by atoms with E-state index in [4.69, 9.17) is 0 Å². The summed E-state index contributed by atoms with van der Waals surface area (Å²) in [4.78, 5) is 0. The van der Waals surface area contributed by atoms with Crippen molar-refractivity contribution in [3.8, 4) is 0 Å². The summed E-state index contributed by atoms with van der Waals surface area (Å²) in [5.41, 5.74) is 0. The van der Waals surface area contributed by atoms with E-state index in [1.807, 2.05) is 0 Å². The topological polar surface area (TPSA) is 24.1 Å². The summed E-state index contributed by atoms with van der Waals surface area (Å²) < 4.78 is 0. The zero-order valence-electron chi connectivity index (χ0n) is 9.97. The maximum atomic E-state index is 3.49. The first-order valence-corrected chi connectivity index (χ1v) is 6.10. The van der Waals surface area contributed by atoms with Gasteiger partial charge in [0, 0.05) is 6.04 Å². The molecule has 0 saturated carbocycles. The van der Waals surface area contributed by atoms with E-state index < -0.39 is 0 Å². The van der Waals surface area contributed by atoms with Crippen molar-refractivity contribution in [2.45, 2.75) is 45.6 Å². The molecule has 2 N–H and O–H groups in total. The van der Waals surface area contributed by atoms with Gasteiger partial charge in [0.15, 0.2) is 0 Å². The van der Waals surface area contributed by atoms with Crippen LogP contribution in [-0.4, -0.2) is 26.2 Å². The van der Waals surface area contributed by atoms with Gasteiger partial charge in [0.05, 0.1) is 0 Å². The monoisotopic (exact) mass is 198 g/mol. The molecule has 14 heavy (non-hydrogen) atoms. The minimum absolute atomic E-state index is 0.722. The highest BCUT2D eigenvalue weighted by Crippen LogP contribution is 2.19. The highest BCUT2D eigenvalue weighted by atomic mass is 14.9. The first kappa shape index (κ1) is 12.0. The molecule has 0 aromatic rings.